The fraction of sp³-hybridized carbons (Fsp3) is 0.464. The van der Waals surface area contributed by atoms with E-state index in [1.54, 1.807) is 0 Å². The fourth-order valence-electron chi connectivity index (χ4n) is 4.05. The molecule has 4 rings (SSSR count). The first kappa shape index (κ1) is 24.5. The lowest BCUT2D eigenvalue weighted by Gasteiger charge is -2.25. The van der Waals surface area contributed by atoms with E-state index in [1.165, 1.54) is 12.8 Å². The quantitative estimate of drug-likeness (QED) is 0.377. The molecule has 3 aromatic rings. The van der Waals surface area contributed by atoms with Crippen molar-refractivity contribution in [1.29, 1.82) is 0 Å². The summed E-state index contributed by atoms with van der Waals surface area (Å²) in [6, 6.07) is 19.9. The summed E-state index contributed by atoms with van der Waals surface area (Å²) >= 11 is 0. The topological polar surface area (TPSA) is 59.8 Å². The minimum absolute atomic E-state index is 0.356. The van der Waals surface area contributed by atoms with Crippen molar-refractivity contribution in [3.8, 4) is 17.3 Å². The summed E-state index contributed by atoms with van der Waals surface area (Å²) in [6.07, 6.45) is 1.98. The lowest BCUT2D eigenvalue weighted by atomic mass is 10.2. The van der Waals surface area contributed by atoms with E-state index in [1.807, 2.05) is 72.3 Å². The molecule has 182 valence electrons. The molecule has 1 N–H and O–H groups in total. The summed E-state index contributed by atoms with van der Waals surface area (Å²) < 4.78 is 14.0. The van der Waals surface area contributed by atoms with Crippen molar-refractivity contribution in [2.24, 2.45) is 11.8 Å². The predicted molar refractivity (Wildman–Crippen MR) is 134 cm³/mol. The van der Waals surface area contributed by atoms with Gasteiger partial charge in [0.15, 0.2) is 0 Å². The number of aromatic nitrogens is 2. The van der Waals surface area contributed by atoms with Crippen LogP contribution in [0.25, 0.3) is 5.69 Å². The van der Waals surface area contributed by atoms with E-state index < -0.39 is 6.10 Å². The molecule has 0 amide bonds. The van der Waals surface area contributed by atoms with Crippen LogP contribution in [0.1, 0.15) is 37.9 Å². The van der Waals surface area contributed by atoms with E-state index in [4.69, 9.17) is 14.6 Å². The van der Waals surface area contributed by atoms with Gasteiger partial charge in [-0.1, -0.05) is 50.2 Å². The largest absolute Gasteiger partial charge is 0.439 e. The zero-order chi connectivity index (χ0) is 23.9. The Morgan fingerprint density at radius 1 is 1.03 bits per heavy atom. The lowest BCUT2D eigenvalue weighted by Crippen LogP contribution is -2.36. The Morgan fingerprint density at radius 2 is 1.71 bits per heavy atom. The zero-order valence-electron chi connectivity index (χ0n) is 20.6. The van der Waals surface area contributed by atoms with Crippen LogP contribution in [0.4, 0.5) is 0 Å². The molecule has 0 saturated heterocycles. The molecular formula is C28H37N3O3. The van der Waals surface area contributed by atoms with Gasteiger partial charge in [0, 0.05) is 26.2 Å². The summed E-state index contributed by atoms with van der Waals surface area (Å²) in [5.74, 6) is 2.66. The SMILES string of the molecule is Cc1nn(-c2ccccc2)c(Oc2ccccc2)c1CN(CC1CC1)C[C@@H](O)COCC(C)C. The van der Waals surface area contributed by atoms with E-state index in [2.05, 4.69) is 18.7 Å². The van der Waals surface area contributed by atoms with Crippen LogP contribution < -0.4 is 4.74 Å². The number of rotatable bonds is 13. The molecule has 2 aromatic carbocycles. The van der Waals surface area contributed by atoms with Crippen LogP contribution in [0.15, 0.2) is 60.7 Å². The van der Waals surface area contributed by atoms with Crippen molar-refractivity contribution >= 4 is 0 Å². The molecule has 1 heterocycles. The number of aliphatic hydroxyl groups excluding tert-OH is 1. The van der Waals surface area contributed by atoms with Crippen molar-refractivity contribution in [2.45, 2.75) is 46.3 Å². The average Bonchev–Trinajstić information content (AvgIpc) is 3.59. The number of hydrogen-bond donors (Lipinski definition) is 1. The molecule has 0 aliphatic heterocycles. The van der Waals surface area contributed by atoms with Gasteiger partial charge in [0.1, 0.15) is 5.75 Å². The maximum absolute atomic E-state index is 10.7. The predicted octanol–water partition coefficient (Wildman–Crippen LogP) is 5.22. The van der Waals surface area contributed by atoms with E-state index in [9.17, 15) is 5.11 Å². The number of hydrogen-bond acceptors (Lipinski definition) is 5. The van der Waals surface area contributed by atoms with Crippen LogP contribution in [-0.4, -0.2) is 52.2 Å². The minimum Gasteiger partial charge on any atom is -0.439 e. The maximum Gasteiger partial charge on any atom is 0.227 e. The highest BCUT2D eigenvalue weighted by Gasteiger charge is 2.28. The zero-order valence-corrected chi connectivity index (χ0v) is 20.6. The normalized spacial score (nSPS) is 14.6. The van der Waals surface area contributed by atoms with E-state index in [-0.39, 0.29) is 0 Å². The molecule has 1 atom stereocenters. The monoisotopic (exact) mass is 463 g/mol. The molecule has 1 saturated carbocycles. The molecule has 0 bridgehead atoms. The number of benzene rings is 2. The molecule has 0 unspecified atom stereocenters. The van der Waals surface area contributed by atoms with Crippen LogP contribution in [0.5, 0.6) is 11.6 Å². The first-order chi connectivity index (χ1) is 16.5. The number of aryl methyl sites for hydroxylation is 1. The Labute approximate surface area is 203 Å². The first-order valence-electron chi connectivity index (χ1n) is 12.3. The number of aliphatic hydroxyl groups is 1. The number of ether oxygens (including phenoxy) is 2. The van der Waals surface area contributed by atoms with Gasteiger partial charge < -0.3 is 14.6 Å². The molecule has 6 nitrogen and oxygen atoms in total. The summed E-state index contributed by atoms with van der Waals surface area (Å²) in [5, 5.41) is 15.5. The van der Waals surface area contributed by atoms with Gasteiger partial charge >= 0.3 is 0 Å². The van der Waals surface area contributed by atoms with E-state index in [0.29, 0.717) is 38.1 Å². The molecule has 1 aromatic heterocycles. The van der Waals surface area contributed by atoms with Crippen LogP contribution >= 0.6 is 0 Å². The Bertz CT molecular complexity index is 1020. The Hall–Kier alpha value is -2.67. The van der Waals surface area contributed by atoms with E-state index in [0.717, 1.165) is 35.1 Å². The summed E-state index contributed by atoms with van der Waals surface area (Å²) in [5.41, 5.74) is 2.93. The van der Waals surface area contributed by atoms with E-state index >= 15 is 0 Å². The molecule has 6 heteroatoms. The third-order valence-corrected chi connectivity index (χ3v) is 5.92. The summed E-state index contributed by atoms with van der Waals surface area (Å²) in [6.45, 7) is 9.48. The molecule has 1 aliphatic rings. The second-order valence-electron chi connectivity index (χ2n) is 9.75. The first-order valence-corrected chi connectivity index (χ1v) is 12.3. The molecule has 1 aliphatic carbocycles. The van der Waals surface area contributed by atoms with Crippen molar-refractivity contribution < 1.29 is 14.6 Å². The smallest absolute Gasteiger partial charge is 0.227 e. The maximum atomic E-state index is 10.7. The Balaban J connectivity index is 1.58. The molecule has 1 fully saturated rings. The molecule has 34 heavy (non-hydrogen) atoms. The van der Waals surface area contributed by atoms with Crippen molar-refractivity contribution in [1.82, 2.24) is 14.7 Å². The second kappa shape index (κ2) is 11.6. The minimum atomic E-state index is -0.527. The van der Waals surface area contributed by atoms with Crippen LogP contribution in [0.2, 0.25) is 0 Å². The van der Waals surface area contributed by atoms with Gasteiger partial charge in [-0.05, 0) is 55.9 Å². The van der Waals surface area contributed by atoms with Gasteiger partial charge in [-0.3, -0.25) is 4.90 Å². The fourth-order valence-corrected chi connectivity index (χ4v) is 4.05. The van der Waals surface area contributed by atoms with Crippen LogP contribution in [0.3, 0.4) is 0 Å². The highest BCUT2D eigenvalue weighted by molar-refractivity contribution is 5.43. The third-order valence-electron chi connectivity index (χ3n) is 5.92. The molecular weight excluding hydrogens is 426 g/mol. The number of para-hydroxylation sites is 2. The highest BCUT2D eigenvalue weighted by Crippen LogP contribution is 2.34. The van der Waals surface area contributed by atoms with Gasteiger partial charge in [-0.2, -0.15) is 5.10 Å². The van der Waals surface area contributed by atoms with Crippen molar-refractivity contribution in [2.75, 3.05) is 26.3 Å². The van der Waals surface area contributed by atoms with Gasteiger partial charge in [0.05, 0.1) is 29.7 Å². The van der Waals surface area contributed by atoms with Gasteiger partial charge in [0.25, 0.3) is 0 Å². The molecule has 0 spiro atoms. The highest BCUT2D eigenvalue weighted by atomic mass is 16.5. The third kappa shape index (κ3) is 6.92. The summed E-state index contributed by atoms with van der Waals surface area (Å²) in [7, 11) is 0. The van der Waals surface area contributed by atoms with Gasteiger partial charge in [-0.25, -0.2) is 4.68 Å². The molecule has 0 radical (unpaired) electrons. The van der Waals surface area contributed by atoms with Crippen molar-refractivity contribution in [3.63, 3.8) is 0 Å². The number of nitrogens with zero attached hydrogens (tertiary/aromatic N) is 3. The van der Waals surface area contributed by atoms with Crippen LogP contribution in [0, 0.1) is 18.8 Å². The Morgan fingerprint density at radius 3 is 2.35 bits per heavy atom. The Kier molecular flexibility index (Phi) is 8.38. The van der Waals surface area contributed by atoms with Crippen molar-refractivity contribution in [3.05, 3.63) is 71.9 Å². The van der Waals surface area contributed by atoms with Gasteiger partial charge in [-0.15, -0.1) is 0 Å². The van der Waals surface area contributed by atoms with Crippen LogP contribution in [-0.2, 0) is 11.3 Å². The second-order valence-corrected chi connectivity index (χ2v) is 9.75. The summed E-state index contributed by atoms with van der Waals surface area (Å²) in [4.78, 5) is 2.33. The average molecular weight is 464 g/mol. The van der Waals surface area contributed by atoms with Gasteiger partial charge in [0.2, 0.25) is 5.88 Å². The standard InChI is InChI=1S/C28H37N3O3/c1-21(2)19-33-20-25(32)17-30(16-23-14-15-23)18-27-22(3)29-31(24-10-6-4-7-11-24)28(27)34-26-12-8-5-9-13-26/h4-13,21,23,25,32H,14-20H2,1-3H3/t25-/m1/s1. The lowest BCUT2D eigenvalue weighted by molar-refractivity contribution is 0.00609.